The molecular formula is C13H11F4N3. The monoisotopic (exact) mass is 285 g/mol. The van der Waals surface area contributed by atoms with E-state index in [2.05, 4.69) is 15.3 Å². The summed E-state index contributed by atoms with van der Waals surface area (Å²) in [5, 5.41) is 2.95. The Bertz CT molecular complexity index is 567. The largest absolute Gasteiger partial charge is 0.417 e. The molecule has 2 aromatic rings. The summed E-state index contributed by atoms with van der Waals surface area (Å²) in [5.74, 6) is -0.433. The van der Waals surface area contributed by atoms with E-state index in [4.69, 9.17) is 0 Å². The Morgan fingerprint density at radius 3 is 2.45 bits per heavy atom. The van der Waals surface area contributed by atoms with Gasteiger partial charge in [0.15, 0.2) is 0 Å². The lowest BCUT2D eigenvalue weighted by Crippen LogP contribution is -2.14. The number of aromatic nitrogens is 2. The van der Waals surface area contributed by atoms with Gasteiger partial charge in [-0.25, -0.2) is 4.39 Å². The molecule has 20 heavy (non-hydrogen) atoms. The minimum absolute atomic E-state index is 0.286. The Kier molecular flexibility index (Phi) is 4.29. The molecule has 2 aromatic heterocycles. The van der Waals surface area contributed by atoms with E-state index in [1.54, 1.807) is 0 Å². The molecule has 0 aliphatic carbocycles. The van der Waals surface area contributed by atoms with Crippen LogP contribution in [0.3, 0.4) is 0 Å². The van der Waals surface area contributed by atoms with Gasteiger partial charge in [-0.2, -0.15) is 13.2 Å². The summed E-state index contributed by atoms with van der Waals surface area (Å²) in [5.41, 5.74) is 0.342. The SMILES string of the molecule is Fc1cncc(CNCc2ccc(C(F)(F)F)cn2)c1. The molecule has 7 heteroatoms. The highest BCUT2D eigenvalue weighted by molar-refractivity contribution is 5.17. The summed E-state index contributed by atoms with van der Waals surface area (Å²) in [6.45, 7) is 0.641. The van der Waals surface area contributed by atoms with E-state index in [-0.39, 0.29) is 6.54 Å². The predicted octanol–water partition coefficient (Wildman–Crippen LogP) is 2.92. The van der Waals surface area contributed by atoms with Crippen molar-refractivity contribution in [2.75, 3.05) is 0 Å². The first-order chi connectivity index (χ1) is 9.45. The Hall–Kier alpha value is -2.02. The molecule has 0 radical (unpaired) electrons. The number of hydrogen-bond donors (Lipinski definition) is 1. The van der Waals surface area contributed by atoms with Crippen molar-refractivity contribution in [3.8, 4) is 0 Å². The average molecular weight is 285 g/mol. The zero-order valence-electron chi connectivity index (χ0n) is 10.3. The Morgan fingerprint density at radius 2 is 1.85 bits per heavy atom. The van der Waals surface area contributed by atoms with Gasteiger partial charge in [-0.15, -0.1) is 0 Å². The van der Waals surface area contributed by atoms with Crippen molar-refractivity contribution in [3.05, 3.63) is 59.4 Å². The van der Waals surface area contributed by atoms with Crippen LogP contribution in [0.25, 0.3) is 0 Å². The molecule has 1 N–H and O–H groups in total. The van der Waals surface area contributed by atoms with Crippen molar-refractivity contribution in [2.45, 2.75) is 19.3 Å². The normalized spacial score (nSPS) is 11.6. The van der Waals surface area contributed by atoms with Gasteiger partial charge in [0, 0.05) is 25.5 Å². The summed E-state index contributed by atoms with van der Waals surface area (Å²) in [6.07, 6.45) is -0.982. The summed E-state index contributed by atoms with van der Waals surface area (Å²) in [7, 11) is 0. The third-order valence-electron chi connectivity index (χ3n) is 2.55. The van der Waals surface area contributed by atoms with Crippen LogP contribution in [0, 0.1) is 5.82 Å². The Labute approximate surface area is 112 Å². The predicted molar refractivity (Wildman–Crippen MR) is 64.0 cm³/mol. The smallest absolute Gasteiger partial charge is 0.307 e. The molecule has 0 saturated carbocycles. The highest BCUT2D eigenvalue weighted by Crippen LogP contribution is 2.28. The van der Waals surface area contributed by atoms with Gasteiger partial charge in [-0.1, -0.05) is 0 Å². The summed E-state index contributed by atoms with van der Waals surface area (Å²) < 4.78 is 49.9. The number of nitrogens with one attached hydrogen (secondary N) is 1. The van der Waals surface area contributed by atoms with Crippen LogP contribution in [-0.2, 0) is 19.3 Å². The zero-order chi connectivity index (χ0) is 14.6. The fourth-order valence-corrected chi connectivity index (χ4v) is 1.58. The van der Waals surface area contributed by atoms with Crippen molar-refractivity contribution in [3.63, 3.8) is 0 Å². The number of rotatable bonds is 4. The third kappa shape index (κ3) is 3.99. The maximum Gasteiger partial charge on any atom is 0.417 e. The molecule has 3 nitrogen and oxygen atoms in total. The molecule has 0 amide bonds. The van der Waals surface area contributed by atoms with Gasteiger partial charge in [0.05, 0.1) is 17.5 Å². The molecule has 0 saturated heterocycles. The van der Waals surface area contributed by atoms with Crippen LogP contribution >= 0.6 is 0 Å². The van der Waals surface area contributed by atoms with E-state index < -0.39 is 17.6 Å². The molecule has 0 aliphatic heterocycles. The molecule has 0 spiro atoms. The van der Waals surface area contributed by atoms with E-state index in [1.807, 2.05) is 0 Å². The number of halogens is 4. The summed E-state index contributed by atoms with van der Waals surface area (Å²) in [4.78, 5) is 7.41. The van der Waals surface area contributed by atoms with Crippen molar-refractivity contribution < 1.29 is 17.6 Å². The first-order valence-corrected chi connectivity index (χ1v) is 5.77. The van der Waals surface area contributed by atoms with E-state index in [1.165, 1.54) is 18.3 Å². The lowest BCUT2D eigenvalue weighted by molar-refractivity contribution is -0.137. The molecular weight excluding hydrogens is 274 g/mol. The summed E-state index contributed by atoms with van der Waals surface area (Å²) in [6, 6.07) is 3.62. The van der Waals surface area contributed by atoms with Crippen LogP contribution in [0.15, 0.2) is 36.8 Å². The van der Waals surface area contributed by atoms with E-state index in [0.29, 0.717) is 17.8 Å². The maximum absolute atomic E-state index is 12.9. The van der Waals surface area contributed by atoms with E-state index in [9.17, 15) is 17.6 Å². The topological polar surface area (TPSA) is 37.8 Å². The number of pyridine rings is 2. The summed E-state index contributed by atoms with van der Waals surface area (Å²) >= 11 is 0. The van der Waals surface area contributed by atoms with E-state index >= 15 is 0 Å². The maximum atomic E-state index is 12.9. The molecule has 0 aromatic carbocycles. The van der Waals surface area contributed by atoms with Gasteiger partial charge in [0.2, 0.25) is 0 Å². The minimum Gasteiger partial charge on any atom is -0.307 e. The van der Waals surface area contributed by atoms with Crippen LogP contribution in [0.5, 0.6) is 0 Å². The van der Waals surface area contributed by atoms with Crippen molar-refractivity contribution in [2.24, 2.45) is 0 Å². The second kappa shape index (κ2) is 5.96. The first kappa shape index (κ1) is 14.4. The van der Waals surface area contributed by atoms with Crippen molar-refractivity contribution >= 4 is 0 Å². The fraction of sp³-hybridized carbons (Fsp3) is 0.231. The lowest BCUT2D eigenvalue weighted by Gasteiger charge is -2.07. The first-order valence-electron chi connectivity index (χ1n) is 5.77. The fourth-order valence-electron chi connectivity index (χ4n) is 1.58. The lowest BCUT2D eigenvalue weighted by atomic mass is 10.2. The quantitative estimate of drug-likeness (QED) is 0.878. The zero-order valence-corrected chi connectivity index (χ0v) is 10.3. The molecule has 0 aliphatic rings. The van der Waals surface area contributed by atoms with Gasteiger partial charge in [0.25, 0.3) is 0 Å². The molecule has 0 fully saturated rings. The Morgan fingerprint density at radius 1 is 1.05 bits per heavy atom. The molecule has 2 heterocycles. The van der Waals surface area contributed by atoms with Crippen LogP contribution in [0.2, 0.25) is 0 Å². The molecule has 0 unspecified atom stereocenters. The van der Waals surface area contributed by atoms with Gasteiger partial charge < -0.3 is 5.32 Å². The second-order valence-electron chi connectivity index (χ2n) is 4.15. The van der Waals surface area contributed by atoms with E-state index in [0.717, 1.165) is 18.5 Å². The van der Waals surface area contributed by atoms with Gasteiger partial charge in [-0.05, 0) is 23.8 Å². The van der Waals surface area contributed by atoms with Crippen LogP contribution in [0.1, 0.15) is 16.8 Å². The van der Waals surface area contributed by atoms with Crippen LogP contribution in [0.4, 0.5) is 17.6 Å². The second-order valence-corrected chi connectivity index (χ2v) is 4.15. The average Bonchev–Trinajstić information content (AvgIpc) is 2.38. The number of nitrogens with zero attached hydrogens (tertiary/aromatic N) is 2. The van der Waals surface area contributed by atoms with Crippen molar-refractivity contribution in [1.29, 1.82) is 0 Å². The third-order valence-corrected chi connectivity index (χ3v) is 2.55. The Balaban J connectivity index is 1.88. The highest BCUT2D eigenvalue weighted by Gasteiger charge is 2.30. The highest BCUT2D eigenvalue weighted by atomic mass is 19.4. The molecule has 106 valence electrons. The molecule has 2 rings (SSSR count). The van der Waals surface area contributed by atoms with Gasteiger partial charge in [0.1, 0.15) is 5.82 Å². The molecule has 0 bridgehead atoms. The van der Waals surface area contributed by atoms with Gasteiger partial charge in [-0.3, -0.25) is 9.97 Å². The standard InChI is InChI=1S/C13H11F4N3/c14-11-3-9(4-18-7-11)5-19-8-12-2-1-10(6-20-12)13(15,16)17/h1-4,6-7,19H,5,8H2. The number of hydrogen-bond acceptors (Lipinski definition) is 3. The van der Waals surface area contributed by atoms with Crippen LogP contribution < -0.4 is 5.32 Å². The van der Waals surface area contributed by atoms with Crippen molar-refractivity contribution in [1.82, 2.24) is 15.3 Å². The molecule has 0 atom stereocenters. The van der Waals surface area contributed by atoms with Gasteiger partial charge >= 0.3 is 6.18 Å². The van der Waals surface area contributed by atoms with Crippen LogP contribution in [-0.4, -0.2) is 9.97 Å². The minimum atomic E-state index is -4.38. The number of alkyl halides is 3.